The number of rotatable bonds is 4. The molecule has 1 rings (SSSR count). The topological polar surface area (TPSA) is 77.3 Å². The fourth-order valence-corrected chi connectivity index (χ4v) is 2.82. The van der Waals surface area contributed by atoms with Gasteiger partial charge in [0.2, 0.25) is 9.84 Å². The molecule has 92 valence electrons. The van der Waals surface area contributed by atoms with E-state index in [9.17, 15) is 18.5 Å². The van der Waals surface area contributed by atoms with Gasteiger partial charge in [-0.2, -0.15) is 0 Å². The number of nitro benzene ring substituents is 1. The number of benzene rings is 1. The van der Waals surface area contributed by atoms with Gasteiger partial charge < -0.3 is 0 Å². The average Bonchev–Trinajstić information content (AvgIpc) is 2.28. The second-order valence-electron chi connectivity index (χ2n) is 2.99. The number of allylic oxidation sites excluding steroid dienone is 1. The summed E-state index contributed by atoms with van der Waals surface area (Å²) in [5, 5.41) is 11.7. The Morgan fingerprint density at radius 3 is 2.35 bits per heavy atom. The Morgan fingerprint density at radius 2 is 1.94 bits per heavy atom. The van der Waals surface area contributed by atoms with Crippen LogP contribution in [-0.2, 0) is 9.84 Å². The Bertz CT molecular complexity index is 553. The summed E-state index contributed by atoms with van der Waals surface area (Å²) in [5.41, 5.74) is -0.167. The van der Waals surface area contributed by atoms with Gasteiger partial charge in [-0.25, -0.2) is 8.42 Å². The summed E-state index contributed by atoms with van der Waals surface area (Å²) in [6.45, 7) is 0. The molecule has 1 aromatic rings. The number of nitro groups is 1. The molecule has 0 atom stereocenters. The van der Waals surface area contributed by atoms with Crippen LogP contribution >= 0.6 is 27.5 Å². The van der Waals surface area contributed by atoms with E-state index in [4.69, 9.17) is 11.6 Å². The molecule has 0 aliphatic heterocycles. The molecule has 0 bridgehead atoms. The van der Waals surface area contributed by atoms with Crippen LogP contribution in [0.4, 0.5) is 5.69 Å². The van der Waals surface area contributed by atoms with Crippen molar-refractivity contribution in [2.24, 2.45) is 0 Å². The van der Waals surface area contributed by atoms with E-state index in [0.717, 1.165) is 17.5 Å². The highest BCUT2D eigenvalue weighted by Crippen LogP contribution is 2.19. The van der Waals surface area contributed by atoms with Crippen molar-refractivity contribution in [3.8, 4) is 0 Å². The van der Waals surface area contributed by atoms with Crippen molar-refractivity contribution in [2.45, 2.75) is 4.90 Å². The first-order chi connectivity index (χ1) is 7.86. The Hall–Kier alpha value is -0.920. The quantitative estimate of drug-likeness (QED) is 0.480. The second-order valence-corrected chi connectivity index (χ2v) is 5.84. The zero-order valence-electron chi connectivity index (χ0n) is 8.34. The maximum atomic E-state index is 11.7. The van der Waals surface area contributed by atoms with Crippen LogP contribution in [0.5, 0.6) is 0 Å². The fraction of sp³-hybridized carbons (Fsp3) is 0.111. The first-order valence-electron chi connectivity index (χ1n) is 4.28. The van der Waals surface area contributed by atoms with Crippen LogP contribution in [0.1, 0.15) is 0 Å². The summed E-state index contributed by atoms with van der Waals surface area (Å²) in [6.07, 6.45) is 0. The van der Waals surface area contributed by atoms with Crippen LogP contribution in [0.15, 0.2) is 39.6 Å². The molecule has 5 nitrogen and oxygen atoms in total. The highest BCUT2D eigenvalue weighted by Gasteiger charge is 2.14. The van der Waals surface area contributed by atoms with Gasteiger partial charge in [-0.1, -0.05) is 27.5 Å². The Labute approximate surface area is 111 Å². The summed E-state index contributed by atoms with van der Waals surface area (Å²) in [6, 6.07) is 4.59. The highest BCUT2D eigenvalue weighted by molar-refractivity contribution is 9.09. The predicted octanol–water partition coefficient (Wildman–Crippen LogP) is 2.84. The summed E-state index contributed by atoms with van der Waals surface area (Å²) < 4.78 is 23.5. The molecule has 0 amide bonds. The van der Waals surface area contributed by atoms with Crippen LogP contribution in [0.3, 0.4) is 0 Å². The predicted molar refractivity (Wildman–Crippen MR) is 68.0 cm³/mol. The van der Waals surface area contributed by atoms with E-state index in [1.807, 2.05) is 0 Å². The van der Waals surface area contributed by atoms with Gasteiger partial charge in [-0.05, 0) is 12.1 Å². The van der Waals surface area contributed by atoms with Crippen molar-refractivity contribution >= 4 is 43.1 Å². The fourth-order valence-electron chi connectivity index (χ4n) is 1.03. The van der Waals surface area contributed by atoms with Gasteiger partial charge in [0.05, 0.1) is 15.2 Å². The lowest BCUT2D eigenvalue weighted by Crippen LogP contribution is -1.98. The number of halogens is 2. The third kappa shape index (κ3) is 3.79. The largest absolute Gasteiger partial charge is 0.269 e. The minimum atomic E-state index is -3.66. The summed E-state index contributed by atoms with van der Waals surface area (Å²) in [7, 11) is -3.66. The number of hydrogen-bond acceptors (Lipinski definition) is 4. The van der Waals surface area contributed by atoms with Crippen LogP contribution in [-0.4, -0.2) is 18.7 Å². The first kappa shape index (κ1) is 14.1. The summed E-state index contributed by atoms with van der Waals surface area (Å²) in [5.74, 6) is 0. The second kappa shape index (κ2) is 5.61. The van der Waals surface area contributed by atoms with E-state index in [1.165, 1.54) is 12.1 Å². The third-order valence-electron chi connectivity index (χ3n) is 1.79. The molecule has 17 heavy (non-hydrogen) atoms. The van der Waals surface area contributed by atoms with E-state index in [0.29, 0.717) is 0 Å². The van der Waals surface area contributed by atoms with Crippen molar-refractivity contribution in [2.75, 3.05) is 5.33 Å². The summed E-state index contributed by atoms with van der Waals surface area (Å²) >= 11 is 8.62. The number of alkyl halides is 1. The maximum absolute atomic E-state index is 11.7. The standard InChI is InChI=1S/C9H7BrClNO4S/c10-5-7(11)6-17(15,16)9-3-1-8(2-4-9)12(13)14/h1-4,6H,5H2. The Morgan fingerprint density at radius 1 is 1.41 bits per heavy atom. The lowest BCUT2D eigenvalue weighted by molar-refractivity contribution is -0.384. The molecule has 0 heterocycles. The molecule has 0 unspecified atom stereocenters. The van der Waals surface area contributed by atoms with E-state index in [2.05, 4.69) is 15.9 Å². The molecule has 0 spiro atoms. The molecule has 0 N–H and O–H groups in total. The van der Waals surface area contributed by atoms with Gasteiger partial charge in [0, 0.05) is 22.5 Å². The normalized spacial score (nSPS) is 12.5. The van der Waals surface area contributed by atoms with Crippen LogP contribution < -0.4 is 0 Å². The van der Waals surface area contributed by atoms with Crippen molar-refractivity contribution < 1.29 is 13.3 Å². The van der Waals surface area contributed by atoms with Crippen LogP contribution in [0, 0.1) is 10.1 Å². The van der Waals surface area contributed by atoms with Crippen LogP contribution in [0.2, 0.25) is 0 Å². The molecular weight excluding hydrogens is 334 g/mol. The maximum Gasteiger partial charge on any atom is 0.269 e. The Kier molecular flexibility index (Phi) is 4.67. The van der Waals surface area contributed by atoms with Crippen molar-refractivity contribution in [1.29, 1.82) is 0 Å². The molecular formula is C9H7BrClNO4S. The minimum absolute atomic E-state index is 0.0396. The molecule has 1 aromatic carbocycles. The zero-order valence-corrected chi connectivity index (χ0v) is 11.5. The van der Waals surface area contributed by atoms with E-state index in [1.54, 1.807) is 0 Å². The van der Waals surface area contributed by atoms with Gasteiger partial charge in [0.15, 0.2) is 0 Å². The molecule has 0 aromatic heterocycles. The van der Waals surface area contributed by atoms with Crippen molar-refractivity contribution in [3.05, 3.63) is 44.8 Å². The summed E-state index contributed by atoms with van der Waals surface area (Å²) in [4.78, 5) is 9.76. The van der Waals surface area contributed by atoms with Gasteiger partial charge in [-0.3, -0.25) is 10.1 Å². The minimum Gasteiger partial charge on any atom is -0.258 e. The van der Waals surface area contributed by atoms with E-state index >= 15 is 0 Å². The number of non-ortho nitro benzene ring substituents is 1. The lowest BCUT2D eigenvalue weighted by atomic mass is 10.3. The molecule has 0 fully saturated rings. The number of sulfone groups is 1. The smallest absolute Gasteiger partial charge is 0.258 e. The number of nitrogens with zero attached hydrogens (tertiary/aromatic N) is 1. The van der Waals surface area contributed by atoms with Crippen molar-refractivity contribution in [3.63, 3.8) is 0 Å². The number of hydrogen-bond donors (Lipinski definition) is 0. The van der Waals surface area contributed by atoms with Gasteiger partial charge >= 0.3 is 0 Å². The van der Waals surface area contributed by atoms with Gasteiger partial charge in [-0.15, -0.1) is 0 Å². The van der Waals surface area contributed by atoms with Crippen molar-refractivity contribution in [1.82, 2.24) is 0 Å². The molecule has 0 radical (unpaired) electrons. The Balaban J connectivity index is 3.13. The lowest BCUT2D eigenvalue weighted by Gasteiger charge is -1.99. The monoisotopic (exact) mass is 339 g/mol. The SMILES string of the molecule is O=[N+]([O-])c1ccc(S(=O)(=O)C=C(Cl)CBr)cc1. The van der Waals surface area contributed by atoms with Gasteiger partial charge in [0.25, 0.3) is 5.69 Å². The zero-order chi connectivity index (χ0) is 13.1. The third-order valence-corrected chi connectivity index (χ3v) is 4.61. The first-order valence-corrected chi connectivity index (χ1v) is 7.33. The molecule has 8 heteroatoms. The molecule has 0 aliphatic rings. The highest BCUT2D eigenvalue weighted by atomic mass is 79.9. The van der Waals surface area contributed by atoms with E-state index in [-0.39, 0.29) is 20.9 Å². The van der Waals surface area contributed by atoms with E-state index < -0.39 is 14.8 Å². The average molecular weight is 341 g/mol. The molecule has 0 aliphatic carbocycles. The van der Waals surface area contributed by atoms with Crippen LogP contribution in [0.25, 0.3) is 0 Å². The van der Waals surface area contributed by atoms with Gasteiger partial charge in [0.1, 0.15) is 0 Å². The molecule has 0 saturated heterocycles. The molecule has 0 saturated carbocycles.